The van der Waals surface area contributed by atoms with Gasteiger partial charge in [0, 0.05) is 17.6 Å². The van der Waals surface area contributed by atoms with Gasteiger partial charge in [0.25, 0.3) is 0 Å². The van der Waals surface area contributed by atoms with Gasteiger partial charge in [-0.05, 0) is 24.6 Å². The van der Waals surface area contributed by atoms with Gasteiger partial charge < -0.3 is 9.84 Å². The van der Waals surface area contributed by atoms with Crippen LogP contribution in [0.5, 0.6) is 0 Å². The molecule has 2 atom stereocenters. The summed E-state index contributed by atoms with van der Waals surface area (Å²) in [6, 6.07) is 7.01. The summed E-state index contributed by atoms with van der Waals surface area (Å²) in [5.41, 5.74) is 1.03. The molecule has 94 valence electrons. The summed E-state index contributed by atoms with van der Waals surface area (Å²) in [5.74, 6) is -0.909. The van der Waals surface area contributed by atoms with Crippen LogP contribution in [0.3, 0.4) is 0 Å². The number of aliphatic carboxylic acids is 1. The lowest BCUT2D eigenvalue weighted by atomic mass is 10.1. The molecule has 5 heteroatoms. The second kappa shape index (κ2) is 6.74. The fourth-order valence-corrected chi connectivity index (χ4v) is 1.95. The van der Waals surface area contributed by atoms with Crippen molar-refractivity contribution in [2.75, 3.05) is 13.7 Å². The third-order valence-electron chi connectivity index (χ3n) is 2.43. The van der Waals surface area contributed by atoms with Crippen LogP contribution in [0.4, 0.5) is 0 Å². The van der Waals surface area contributed by atoms with Crippen molar-refractivity contribution in [2.24, 2.45) is 0 Å². The molecule has 1 aromatic carbocycles. The fraction of sp³-hybridized carbons (Fsp3) is 0.417. The molecule has 1 rings (SSSR count). The molecule has 0 saturated carbocycles. The SMILES string of the molecule is COCC(N[C@H](C)c1cccc(Br)c1)C(=O)O. The second-order valence-corrected chi connectivity index (χ2v) is 4.71. The van der Waals surface area contributed by atoms with Crippen LogP contribution >= 0.6 is 15.9 Å². The number of benzene rings is 1. The monoisotopic (exact) mass is 301 g/mol. The number of hydrogen-bond acceptors (Lipinski definition) is 3. The van der Waals surface area contributed by atoms with E-state index in [-0.39, 0.29) is 12.6 Å². The number of halogens is 1. The van der Waals surface area contributed by atoms with Crippen molar-refractivity contribution in [3.63, 3.8) is 0 Å². The van der Waals surface area contributed by atoms with E-state index in [2.05, 4.69) is 21.2 Å². The van der Waals surface area contributed by atoms with Crippen LogP contribution in [-0.4, -0.2) is 30.8 Å². The molecule has 1 aromatic rings. The molecule has 0 saturated heterocycles. The summed E-state index contributed by atoms with van der Waals surface area (Å²) < 4.78 is 5.85. The van der Waals surface area contributed by atoms with E-state index in [4.69, 9.17) is 9.84 Å². The number of rotatable bonds is 6. The van der Waals surface area contributed by atoms with Crippen molar-refractivity contribution < 1.29 is 14.6 Å². The van der Waals surface area contributed by atoms with Crippen LogP contribution in [0.15, 0.2) is 28.7 Å². The maximum Gasteiger partial charge on any atom is 0.323 e. The van der Waals surface area contributed by atoms with E-state index in [0.29, 0.717) is 0 Å². The number of nitrogens with one attached hydrogen (secondary N) is 1. The molecule has 0 aliphatic heterocycles. The van der Waals surface area contributed by atoms with Gasteiger partial charge in [-0.25, -0.2) is 0 Å². The normalized spacial score (nSPS) is 14.3. The van der Waals surface area contributed by atoms with Gasteiger partial charge in [-0.1, -0.05) is 28.1 Å². The van der Waals surface area contributed by atoms with Gasteiger partial charge in [-0.15, -0.1) is 0 Å². The van der Waals surface area contributed by atoms with Crippen LogP contribution in [-0.2, 0) is 9.53 Å². The maximum absolute atomic E-state index is 11.0. The highest BCUT2D eigenvalue weighted by Crippen LogP contribution is 2.18. The molecular formula is C12H16BrNO3. The topological polar surface area (TPSA) is 58.6 Å². The zero-order valence-corrected chi connectivity index (χ0v) is 11.4. The Balaban J connectivity index is 2.69. The van der Waals surface area contributed by atoms with E-state index in [0.717, 1.165) is 10.0 Å². The summed E-state index contributed by atoms with van der Waals surface area (Å²) in [5, 5.41) is 12.0. The molecule has 0 fully saturated rings. The van der Waals surface area contributed by atoms with E-state index < -0.39 is 12.0 Å². The predicted molar refractivity (Wildman–Crippen MR) is 69.0 cm³/mol. The Hall–Kier alpha value is -0.910. The molecule has 0 spiro atoms. The van der Waals surface area contributed by atoms with Crippen LogP contribution in [0.25, 0.3) is 0 Å². The van der Waals surface area contributed by atoms with Crippen molar-refractivity contribution in [3.05, 3.63) is 34.3 Å². The standard InChI is InChI=1S/C12H16BrNO3/c1-8(9-4-3-5-10(13)6-9)14-11(7-17-2)12(15)16/h3-6,8,11,14H,7H2,1-2H3,(H,15,16)/t8-,11?/m1/s1. The predicted octanol–water partition coefficient (Wildman–Crippen LogP) is 2.20. The minimum absolute atomic E-state index is 0.0521. The van der Waals surface area contributed by atoms with Crippen LogP contribution < -0.4 is 5.32 Å². The lowest BCUT2D eigenvalue weighted by Crippen LogP contribution is -2.41. The first kappa shape index (κ1) is 14.2. The third kappa shape index (κ3) is 4.46. The number of methoxy groups -OCH3 is 1. The lowest BCUT2D eigenvalue weighted by Gasteiger charge is -2.20. The average molecular weight is 302 g/mol. The summed E-state index contributed by atoms with van der Waals surface area (Å²) in [6.07, 6.45) is 0. The van der Waals surface area contributed by atoms with Crippen molar-refractivity contribution in [2.45, 2.75) is 19.0 Å². The Kier molecular flexibility index (Phi) is 5.61. The molecule has 0 amide bonds. The smallest absolute Gasteiger partial charge is 0.323 e. The van der Waals surface area contributed by atoms with Crippen molar-refractivity contribution in [1.82, 2.24) is 5.32 Å². The minimum Gasteiger partial charge on any atom is -0.480 e. The van der Waals surface area contributed by atoms with E-state index >= 15 is 0 Å². The first-order chi connectivity index (χ1) is 8.04. The van der Waals surface area contributed by atoms with E-state index in [1.807, 2.05) is 31.2 Å². The lowest BCUT2D eigenvalue weighted by molar-refractivity contribution is -0.141. The Bertz CT molecular complexity index is 384. The second-order valence-electron chi connectivity index (χ2n) is 3.79. The zero-order valence-electron chi connectivity index (χ0n) is 9.81. The third-order valence-corrected chi connectivity index (χ3v) is 2.92. The number of carbonyl (C=O) groups is 1. The Labute approximate surface area is 109 Å². The van der Waals surface area contributed by atoms with Gasteiger partial charge in [0.15, 0.2) is 0 Å². The first-order valence-electron chi connectivity index (χ1n) is 5.28. The zero-order chi connectivity index (χ0) is 12.8. The van der Waals surface area contributed by atoms with E-state index in [9.17, 15) is 4.79 Å². The largest absolute Gasteiger partial charge is 0.480 e. The minimum atomic E-state index is -0.909. The quantitative estimate of drug-likeness (QED) is 0.846. The Morgan fingerprint density at radius 3 is 2.82 bits per heavy atom. The van der Waals surface area contributed by atoms with Crippen molar-refractivity contribution in [3.8, 4) is 0 Å². The molecule has 0 aliphatic rings. The number of carboxylic acid groups (broad SMARTS) is 1. The van der Waals surface area contributed by atoms with E-state index in [1.165, 1.54) is 7.11 Å². The maximum atomic E-state index is 11.0. The Morgan fingerprint density at radius 2 is 2.29 bits per heavy atom. The van der Waals surface area contributed by atoms with Gasteiger partial charge in [0.2, 0.25) is 0 Å². The Morgan fingerprint density at radius 1 is 1.59 bits per heavy atom. The summed E-state index contributed by atoms with van der Waals surface area (Å²) in [7, 11) is 1.49. The summed E-state index contributed by atoms with van der Waals surface area (Å²) in [6.45, 7) is 2.07. The molecule has 4 nitrogen and oxygen atoms in total. The molecule has 2 N–H and O–H groups in total. The molecule has 0 bridgehead atoms. The average Bonchev–Trinajstić information content (AvgIpc) is 2.28. The molecule has 0 heterocycles. The molecule has 17 heavy (non-hydrogen) atoms. The van der Waals surface area contributed by atoms with Gasteiger partial charge in [0.1, 0.15) is 6.04 Å². The molecule has 1 unspecified atom stereocenters. The summed E-state index contributed by atoms with van der Waals surface area (Å²) >= 11 is 3.39. The number of hydrogen-bond donors (Lipinski definition) is 2. The van der Waals surface area contributed by atoms with Crippen molar-refractivity contribution in [1.29, 1.82) is 0 Å². The first-order valence-corrected chi connectivity index (χ1v) is 6.07. The van der Waals surface area contributed by atoms with Gasteiger partial charge >= 0.3 is 5.97 Å². The molecule has 0 radical (unpaired) electrons. The molecule has 0 aromatic heterocycles. The van der Waals surface area contributed by atoms with Gasteiger partial charge in [0.05, 0.1) is 6.61 Å². The van der Waals surface area contributed by atoms with Gasteiger partial charge in [-0.3, -0.25) is 10.1 Å². The summed E-state index contributed by atoms with van der Waals surface area (Å²) in [4.78, 5) is 11.0. The van der Waals surface area contributed by atoms with Crippen molar-refractivity contribution >= 4 is 21.9 Å². The fourth-order valence-electron chi connectivity index (χ4n) is 1.53. The van der Waals surface area contributed by atoms with E-state index in [1.54, 1.807) is 0 Å². The van der Waals surface area contributed by atoms with Crippen LogP contribution in [0, 0.1) is 0 Å². The number of carboxylic acids is 1. The number of ether oxygens (including phenoxy) is 1. The van der Waals surface area contributed by atoms with Crippen LogP contribution in [0.2, 0.25) is 0 Å². The molecule has 0 aliphatic carbocycles. The highest BCUT2D eigenvalue weighted by molar-refractivity contribution is 9.10. The molecular weight excluding hydrogens is 286 g/mol. The van der Waals surface area contributed by atoms with Crippen LogP contribution in [0.1, 0.15) is 18.5 Å². The van der Waals surface area contributed by atoms with Gasteiger partial charge in [-0.2, -0.15) is 0 Å². The highest BCUT2D eigenvalue weighted by Gasteiger charge is 2.19. The highest BCUT2D eigenvalue weighted by atomic mass is 79.9.